The van der Waals surface area contributed by atoms with E-state index >= 15 is 0 Å². The molecule has 5 aliphatic rings. The Kier molecular flexibility index (Phi) is 4.00. The fraction of sp³-hybridized carbons (Fsp3) is 0.375. The second-order valence-electron chi connectivity index (χ2n) is 11.0. The summed E-state index contributed by atoms with van der Waals surface area (Å²) in [5, 5.41) is 0. The van der Waals surface area contributed by atoms with Gasteiger partial charge in [0.25, 0.3) is 0 Å². The van der Waals surface area contributed by atoms with Gasteiger partial charge >= 0.3 is 0 Å². The van der Waals surface area contributed by atoms with E-state index in [1.807, 2.05) is 0 Å². The summed E-state index contributed by atoms with van der Waals surface area (Å²) in [5.41, 5.74) is 4.55. The first-order chi connectivity index (χ1) is 16.8. The van der Waals surface area contributed by atoms with Crippen LogP contribution in [0.2, 0.25) is 0 Å². The van der Waals surface area contributed by atoms with Gasteiger partial charge in [0, 0.05) is 24.4 Å². The fourth-order valence-electron chi connectivity index (χ4n) is 8.74. The van der Waals surface area contributed by atoms with E-state index in [-0.39, 0.29) is 0 Å². The molecule has 1 saturated carbocycles. The minimum atomic E-state index is -0.416. The highest BCUT2D eigenvalue weighted by molar-refractivity contribution is 5.58. The molecule has 8 rings (SSSR count). The van der Waals surface area contributed by atoms with Crippen molar-refractivity contribution in [3.63, 3.8) is 0 Å². The van der Waals surface area contributed by atoms with Crippen molar-refractivity contribution >= 4 is 0 Å². The van der Waals surface area contributed by atoms with E-state index in [0.29, 0.717) is 35.7 Å². The Morgan fingerprint density at radius 3 is 1.91 bits per heavy atom. The van der Waals surface area contributed by atoms with Gasteiger partial charge in [0.15, 0.2) is 0 Å². The summed E-state index contributed by atoms with van der Waals surface area (Å²) in [6.07, 6.45) is 9.06. The molecule has 3 fully saturated rings. The van der Waals surface area contributed by atoms with Crippen molar-refractivity contribution in [2.75, 3.05) is 6.61 Å². The van der Waals surface area contributed by atoms with Crippen molar-refractivity contribution < 1.29 is 9.47 Å². The number of fused-ring (bicyclic) bond motifs is 12. The first-order valence-electron chi connectivity index (χ1n) is 13.1. The standard InChI is InChI=1S/C32H30O2/c1-3-10-22(11-4-1)31-26-14-7-8-15-27(26)32(34-31,23-12-5-2-6-13-23)30-25-20-21(29(30)31)17-18-24(25)28-16-9-19-33-28/h1-8,10-15,17-18,21,24-25,28-30H,9,16,19-20H2/t21-,24-,25-,28-,29+,30-,31-,32+/m1/s1. The van der Waals surface area contributed by atoms with Crippen LogP contribution in [0.4, 0.5) is 0 Å². The summed E-state index contributed by atoms with van der Waals surface area (Å²) in [4.78, 5) is 0. The summed E-state index contributed by atoms with van der Waals surface area (Å²) < 4.78 is 13.9. The molecule has 3 aliphatic heterocycles. The van der Waals surface area contributed by atoms with Crippen molar-refractivity contribution in [2.45, 2.75) is 36.6 Å². The maximum Gasteiger partial charge on any atom is 0.124 e. The highest BCUT2D eigenvalue weighted by atomic mass is 16.5. The van der Waals surface area contributed by atoms with Crippen molar-refractivity contribution in [3.8, 4) is 0 Å². The quantitative estimate of drug-likeness (QED) is 0.431. The molecule has 0 aromatic heterocycles. The fourth-order valence-corrected chi connectivity index (χ4v) is 8.74. The summed E-state index contributed by atoms with van der Waals surface area (Å²) in [7, 11) is 0. The van der Waals surface area contributed by atoms with Gasteiger partial charge in [-0.3, -0.25) is 0 Å². The molecule has 2 aliphatic carbocycles. The van der Waals surface area contributed by atoms with Gasteiger partial charge in [-0.15, -0.1) is 0 Å². The largest absolute Gasteiger partial charge is 0.378 e. The molecule has 0 amide bonds. The molecular formula is C32H30O2. The zero-order valence-electron chi connectivity index (χ0n) is 19.3. The molecule has 2 saturated heterocycles. The van der Waals surface area contributed by atoms with Gasteiger partial charge in [-0.2, -0.15) is 0 Å². The third-order valence-corrected chi connectivity index (χ3v) is 9.72. The van der Waals surface area contributed by atoms with Gasteiger partial charge in [-0.1, -0.05) is 97.1 Å². The second-order valence-corrected chi connectivity index (χ2v) is 11.0. The van der Waals surface area contributed by atoms with E-state index in [9.17, 15) is 0 Å². The van der Waals surface area contributed by atoms with Crippen molar-refractivity contribution in [2.24, 2.45) is 29.6 Å². The lowest BCUT2D eigenvalue weighted by Gasteiger charge is -2.42. The zero-order valence-corrected chi connectivity index (χ0v) is 19.3. The average Bonchev–Trinajstić information content (AvgIpc) is 3.67. The van der Waals surface area contributed by atoms with Gasteiger partial charge in [-0.25, -0.2) is 0 Å². The highest BCUT2D eigenvalue weighted by Gasteiger charge is 2.76. The van der Waals surface area contributed by atoms with Gasteiger partial charge in [0.05, 0.1) is 6.10 Å². The monoisotopic (exact) mass is 446 g/mol. The minimum absolute atomic E-state index is 0.357. The van der Waals surface area contributed by atoms with E-state index in [4.69, 9.17) is 9.47 Å². The van der Waals surface area contributed by atoms with Gasteiger partial charge in [-0.05, 0) is 53.4 Å². The van der Waals surface area contributed by atoms with E-state index in [0.717, 1.165) is 6.61 Å². The summed E-state index contributed by atoms with van der Waals surface area (Å²) in [6.45, 7) is 0.913. The highest BCUT2D eigenvalue weighted by Crippen LogP contribution is 2.76. The van der Waals surface area contributed by atoms with E-state index in [1.165, 1.54) is 41.5 Å². The van der Waals surface area contributed by atoms with E-state index in [2.05, 4.69) is 97.1 Å². The number of benzene rings is 3. The molecule has 0 radical (unpaired) electrons. The maximum absolute atomic E-state index is 7.63. The first-order valence-corrected chi connectivity index (χ1v) is 13.1. The van der Waals surface area contributed by atoms with Crippen LogP contribution in [0.3, 0.4) is 0 Å². The molecule has 4 bridgehead atoms. The third-order valence-electron chi connectivity index (χ3n) is 9.72. The summed E-state index contributed by atoms with van der Waals surface area (Å²) in [5.74, 6) is 2.45. The molecule has 34 heavy (non-hydrogen) atoms. The van der Waals surface area contributed by atoms with Gasteiger partial charge in [0.2, 0.25) is 0 Å². The number of allylic oxidation sites excluding steroid dienone is 1. The van der Waals surface area contributed by atoms with Crippen LogP contribution in [0.15, 0.2) is 97.1 Å². The van der Waals surface area contributed by atoms with Crippen LogP contribution in [-0.4, -0.2) is 12.7 Å². The van der Waals surface area contributed by atoms with Crippen LogP contribution in [0.25, 0.3) is 0 Å². The molecule has 2 nitrogen and oxygen atoms in total. The lowest BCUT2D eigenvalue weighted by atomic mass is 9.58. The number of hydrogen-bond donors (Lipinski definition) is 0. The lowest BCUT2D eigenvalue weighted by Crippen LogP contribution is -2.43. The number of ether oxygens (including phenoxy) is 2. The molecular weight excluding hydrogens is 416 g/mol. The first kappa shape index (κ1) is 19.6. The van der Waals surface area contributed by atoms with Crippen LogP contribution in [-0.2, 0) is 20.7 Å². The van der Waals surface area contributed by atoms with E-state index < -0.39 is 11.2 Å². The topological polar surface area (TPSA) is 18.5 Å². The number of rotatable bonds is 3. The molecule has 170 valence electrons. The van der Waals surface area contributed by atoms with Crippen LogP contribution >= 0.6 is 0 Å². The van der Waals surface area contributed by atoms with Gasteiger partial charge < -0.3 is 9.47 Å². The molecule has 0 spiro atoms. The predicted octanol–water partition coefficient (Wildman–Crippen LogP) is 6.45. The van der Waals surface area contributed by atoms with Crippen molar-refractivity contribution in [3.05, 3.63) is 119 Å². The molecule has 3 aromatic carbocycles. The zero-order chi connectivity index (χ0) is 22.3. The average molecular weight is 447 g/mol. The Balaban J connectivity index is 1.41. The normalized spacial score (nSPS) is 40.9. The van der Waals surface area contributed by atoms with Crippen LogP contribution in [0, 0.1) is 29.6 Å². The Labute approximate surface area is 201 Å². The summed E-state index contributed by atoms with van der Waals surface area (Å²) in [6, 6.07) is 31.3. The van der Waals surface area contributed by atoms with Crippen molar-refractivity contribution in [1.29, 1.82) is 0 Å². The molecule has 0 unspecified atom stereocenters. The lowest BCUT2D eigenvalue weighted by molar-refractivity contribution is -0.0764. The van der Waals surface area contributed by atoms with Crippen LogP contribution in [0.5, 0.6) is 0 Å². The Hall–Kier alpha value is -2.68. The third kappa shape index (κ3) is 2.25. The smallest absolute Gasteiger partial charge is 0.124 e. The molecule has 3 heterocycles. The molecule has 2 heteroatoms. The minimum Gasteiger partial charge on any atom is -0.378 e. The van der Waals surface area contributed by atoms with Gasteiger partial charge in [0.1, 0.15) is 11.2 Å². The number of hydrogen-bond acceptors (Lipinski definition) is 2. The van der Waals surface area contributed by atoms with Crippen molar-refractivity contribution in [1.82, 2.24) is 0 Å². The Bertz CT molecular complexity index is 1260. The van der Waals surface area contributed by atoms with Crippen LogP contribution in [0.1, 0.15) is 41.5 Å². The second kappa shape index (κ2) is 6.93. The summed E-state index contributed by atoms with van der Waals surface area (Å²) >= 11 is 0. The predicted molar refractivity (Wildman–Crippen MR) is 132 cm³/mol. The van der Waals surface area contributed by atoms with Crippen LogP contribution < -0.4 is 0 Å². The SMILES string of the molecule is C1=C[C@@H]2C[C@H]([C@@H]1[C@H]1CCCO1)[C@@H]1[C@H]2[C@]2(c3ccccc3)O[C@@]1(c1ccccc1)c1ccccc12. The Morgan fingerprint density at radius 2 is 1.29 bits per heavy atom. The Morgan fingerprint density at radius 1 is 0.676 bits per heavy atom. The maximum atomic E-state index is 7.63. The molecule has 3 aromatic rings. The molecule has 0 N–H and O–H groups in total. The van der Waals surface area contributed by atoms with E-state index in [1.54, 1.807) is 0 Å². The molecule has 8 atom stereocenters.